The van der Waals surface area contributed by atoms with Gasteiger partial charge in [0.05, 0.1) is 10.9 Å². The first kappa shape index (κ1) is 14.6. The fraction of sp³-hybridized carbons (Fsp3) is 0.211. The van der Waals surface area contributed by atoms with E-state index in [-0.39, 0.29) is 17.7 Å². The highest BCUT2D eigenvalue weighted by Gasteiger charge is 2.29. The van der Waals surface area contributed by atoms with Crippen LogP contribution >= 0.6 is 0 Å². The highest BCUT2D eigenvalue weighted by atomic mass is 16.4. The van der Waals surface area contributed by atoms with Crippen LogP contribution in [0.4, 0.5) is 5.69 Å². The second-order valence-corrected chi connectivity index (χ2v) is 6.17. The maximum atomic E-state index is 12.2. The van der Waals surface area contributed by atoms with Crippen LogP contribution in [0, 0.1) is 12.8 Å². The molecule has 1 fully saturated rings. The minimum atomic E-state index is -0.398. The highest BCUT2D eigenvalue weighted by molar-refractivity contribution is 5.94. The van der Waals surface area contributed by atoms with Crippen molar-refractivity contribution in [3.8, 4) is 11.5 Å². The van der Waals surface area contributed by atoms with Gasteiger partial charge >= 0.3 is 5.63 Å². The maximum absolute atomic E-state index is 12.2. The third-order valence-corrected chi connectivity index (χ3v) is 4.13. The van der Waals surface area contributed by atoms with Gasteiger partial charge < -0.3 is 9.73 Å². The zero-order chi connectivity index (χ0) is 16.7. The van der Waals surface area contributed by atoms with Crippen molar-refractivity contribution in [3.63, 3.8) is 0 Å². The standard InChI is InChI=1S/C19H16N2O3/c1-11-2-9-16-15(10-11)19(23)24-18(21-16)13-5-7-14(8-6-13)20-17(22)12-3-4-12/h2,5-10,12H,3-4H2,1H3,(H,20,22). The van der Waals surface area contributed by atoms with Crippen LogP contribution in [0.15, 0.2) is 51.7 Å². The van der Waals surface area contributed by atoms with E-state index in [1.54, 1.807) is 30.3 Å². The Labute approximate surface area is 138 Å². The first-order chi connectivity index (χ1) is 11.6. The fourth-order valence-electron chi connectivity index (χ4n) is 2.60. The summed E-state index contributed by atoms with van der Waals surface area (Å²) in [5.41, 5.74) is 2.62. The molecule has 1 amide bonds. The quantitative estimate of drug-likeness (QED) is 0.801. The number of amides is 1. The highest BCUT2D eigenvalue weighted by Crippen LogP contribution is 2.30. The summed E-state index contributed by atoms with van der Waals surface area (Å²) in [4.78, 5) is 28.3. The summed E-state index contributed by atoms with van der Waals surface area (Å²) in [6.45, 7) is 1.92. The summed E-state index contributed by atoms with van der Waals surface area (Å²) in [5.74, 6) is 0.498. The number of aromatic nitrogens is 1. The molecule has 1 heterocycles. The number of hydrogen-bond donors (Lipinski definition) is 1. The second-order valence-electron chi connectivity index (χ2n) is 6.17. The summed E-state index contributed by atoms with van der Waals surface area (Å²) < 4.78 is 5.35. The Hall–Kier alpha value is -2.95. The predicted octanol–water partition coefficient (Wildman–Crippen LogP) is 3.51. The third kappa shape index (κ3) is 2.80. The van der Waals surface area contributed by atoms with E-state index in [2.05, 4.69) is 10.3 Å². The largest absolute Gasteiger partial charge is 0.403 e. The van der Waals surface area contributed by atoms with Gasteiger partial charge in [0.25, 0.3) is 0 Å². The molecule has 24 heavy (non-hydrogen) atoms. The monoisotopic (exact) mass is 320 g/mol. The molecule has 0 atom stereocenters. The number of nitrogens with one attached hydrogen (secondary N) is 1. The average Bonchev–Trinajstić information content (AvgIpc) is 3.41. The molecule has 0 spiro atoms. The van der Waals surface area contributed by atoms with Crippen LogP contribution in [-0.4, -0.2) is 10.9 Å². The lowest BCUT2D eigenvalue weighted by Gasteiger charge is -2.06. The fourth-order valence-corrected chi connectivity index (χ4v) is 2.60. The van der Waals surface area contributed by atoms with Crippen LogP contribution in [0.5, 0.6) is 0 Å². The van der Waals surface area contributed by atoms with E-state index in [0.717, 1.165) is 24.1 Å². The van der Waals surface area contributed by atoms with E-state index in [4.69, 9.17) is 4.42 Å². The van der Waals surface area contributed by atoms with Crippen molar-refractivity contribution in [1.29, 1.82) is 0 Å². The number of aryl methyl sites for hydroxylation is 1. The van der Waals surface area contributed by atoms with Crippen molar-refractivity contribution in [2.24, 2.45) is 5.92 Å². The molecule has 4 rings (SSSR count). The molecule has 120 valence electrons. The summed E-state index contributed by atoms with van der Waals surface area (Å²) in [5, 5.41) is 3.36. The van der Waals surface area contributed by atoms with E-state index < -0.39 is 5.63 Å². The van der Waals surface area contributed by atoms with E-state index in [1.165, 1.54) is 0 Å². The number of fused-ring (bicyclic) bond motifs is 1. The van der Waals surface area contributed by atoms with Crippen LogP contribution in [0.3, 0.4) is 0 Å². The first-order valence-electron chi connectivity index (χ1n) is 7.93. The minimum absolute atomic E-state index is 0.0634. The van der Waals surface area contributed by atoms with Crippen LogP contribution < -0.4 is 10.9 Å². The van der Waals surface area contributed by atoms with Gasteiger partial charge in [0.15, 0.2) is 0 Å². The Morgan fingerprint density at radius 3 is 2.62 bits per heavy atom. The lowest BCUT2D eigenvalue weighted by Crippen LogP contribution is -2.13. The van der Waals surface area contributed by atoms with Crippen molar-refractivity contribution < 1.29 is 9.21 Å². The Kier molecular flexibility index (Phi) is 3.41. The van der Waals surface area contributed by atoms with Crippen molar-refractivity contribution >= 4 is 22.5 Å². The Bertz CT molecular complexity index is 986. The van der Waals surface area contributed by atoms with Gasteiger partial charge in [0, 0.05) is 17.2 Å². The van der Waals surface area contributed by atoms with Crippen molar-refractivity contribution in [3.05, 3.63) is 58.4 Å². The maximum Gasteiger partial charge on any atom is 0.347 e. The van der Waals surface area contributed by atoms with Crippen LogP contribution in [0.2, 0.25) is 0 Å². The molecule has 1 aliphatic carbocycles. The summed E-state index contributed by atoms with van der Waals surface area (Å²) in [7, 11) is 0. The molecule has 5 nitrogen and oxygen atoms in total. The van der Waals surface area contributed by atoms with Crippen LogP contribution in [0.25, 0.3) is 22.4 Å². The van der Waals surface area contributed by atoms with Crippen LogP contribution in [-0.2, 0) is 4.79 Å². The smallest absolute Gasteiger partial charge is 0.347 e. The lowest BCUT2D eigenvalue weighted by atomic mass is 10.1. The molecule has 1 N–H and O–H groups in total. The predicted molar refractivity (Wildman–Crippen MR) is 91.8 cm³/mol. The second kappa shape index (κ2) is 5.60. The number of hydrogen-bond acceptors (Lipinski definition) is 4. The number of anilines is 1. The molecule has 0 aliphatic heterocycles. The summed E-state index contributed by atoms with van der Waals surface area (Å²) in [6.07, 6.45) is 1.94. The van der Waals surface area contributed by atoms with Gasteiger partial charge in [-0.15, -0.1) is 0 Å². The zero-order valence-corrected chi connectivity index (χ0v) is 13.2. The van der Waals surface area contributed by atoms with Crippen molar-refractivity contribution in [2.75, 3.05) is 5.32 Å². The number of carbonyl (C=O) groups is 1. The molecule has 0 bridgehead atoms. The van der Waals surface area contributed by atoms with Gasteiger partial charge in [-0.2, -0.15) is 0 Å². The van der Waals surface area contributed by atoms with Gasteiger partial charge in [0.1, 0.15) is 0 Å². The van der Waals surface area contributed by atoms with Gasteiger partial charge in [-0.3, -0.25) is 4.79 Å². The van der Waals surface area contributed by atoms with E-state index >= 15 is 0 Å². The first-order valence-corrected chi connectivity index (χ1v) is 7.93. The van der Waals surface area contributed by atoms with Crippen molar-refractivity contribution in [1.82, 2.24) is 4.98 Å². The van der Waals surface area contributed by atoms with Gasteiger partial charge in [-0.05, 0) is 56.2 Å². The topological polar surface area (TPSA) is 72.2 Å². The Morgan fingerprint density at radius 2 is 1.92 bits per heavy atom. The molecule has 0 unspecified atom stereocenters. The van der Waals surface area contributed by atoms with Gasteiger partial charge in [-0.1, -0.05) is 11.6 Å². The average molecular weight is 320 g/mol. The van der Waals surface area contributed by atoms with E-state index in [0.29, 0.717) is 16.5 Å². The van der Waals surface area contributed by atoms with E-state index in [9.17, 15) is 9.59 Å². The third-order valence-electron chi connectivity index (χ3n) is 4.13. The number of rotatable bonds is 3. The number of nitrogens with zero attached hydrogens (tertiary/aromatic N) is 1. The normalized spacial score (nSPS) is 13.9. The van der Waals surface area contributed by atoms with Crippen LogP contribution in [0.1, 0.15) is 18.4 Å². The molecule has 5 heteroatoms. The number of benzene rings is 2. The number of carbonyl (C=O) groups excluding carboxylic acids is 1. The molecule has 2 aromatic carbocycles. The van der Waals surface area contributed by atoms with Gasteiger partial charge in [-0.25, -0.2) is 9.78 Å². The molecule has 1 aliphatic rings. The molecule has 0 saturated heterocycles. The molecule has 1 saturated carbocycles. The zero-order valence-electron chi connectivity index (χ0n) is 13.2. The molecule has 3 aromatic rings. The minimum Gasteiger partial charge on any atom is -0.403 e. The van der Waals surface area contributed by atoms with Crippen molar-refractivity contribution in [2.45, 2.75) is 19.8 Å². The lowest BCUT2D eigenvalue weighted by molar-refractivity contribution is -0.117. The molecular formula is C19H16N2O3. The SMILES string of the molecule is Cc1ccc2nc(-c3ccc(NC(=O)C4CC4)cc3)oc(=O)c2c1. The van der Waals surface area contributed by atoms with Gasteiger partial charge in [0.2, 0.25) is 11.8 Å². The molecule has 1 aromatic heterocycles. The summed E-state index contributed by atoms with van der Waals surface area (Å²) in [6, 6.07) is 12.6. The molecule has 0 radical (unpaired) electrons. The summed E-state index contributed by atoms with van der Waals surface area (Å²) >= 11 is 0. The Balaban J connectivity index is 1.65. The Morgan fingerprint density at radius 1 is 1.17 bits per heavy atom. The van der Waals surface area contributed by atoms with E-state index in [1.807, 2.05) is 19.1 Å². The molecular weight excluding hydrogens is 304 g/mol.